The van der Waals surface area contributed by atoms with Gasteiger partial charge in [-0.25, -0.2) is 0 Å². The average molecular weight is 171 g/mol. The van der Waals surface area contributed by atoms with E-state index >= 15 is 0 Å². The minimum atomic E-state index is 0.0891. The molecule has 1 N–H and O–H groups in total. The Morgan fingerprint density at radius 3 is 2.92 bits per heavy atom. The second-order valence-electron chi connectivity index (χ2n) is 3.27. The van der Waals surface area contributed by atoms with Gasteiger partial charge in [-0.2, -0.15) is 0 Å². The van der Waals surface area contributed by atoms with Gasteiger partial charge in [0.2, 0.25) is 5.91 Å². The van der Waals surface area contributed by atoms with Crippen LogP contribution in [0.1, 0.15) is 32.6 Å². The molecule has 1 unspecified atom stereocenters. The number of hydrogen-bond donors (Lipinski definition) is 1. The predicted molar refractivity (Wildman–Crippen MR) is 46.7 cm³/mol. The first kappa shape index (κ1) is 9.52. The van der Waals surface area contributed by atoms with Crippen molar-refractivity contribution in [1.82, 2.24) is 4.90 Å². The molecule has 3 nitrogen and oxygen atoms in total. The van der Waals surface area contributed by atoms with Crippen molar-refractivity contribution in [3.8, 4) is 0 Å². The van der Waals surface area contributed by atoms with Crippen LogP contribution in [0.2, 0.25) is 0 Å². The van der Waals surface area contributed by atoms with Gasteiger partial charge in [0.15, 0.2) is 0 Å². The van der Waals surface area contributed by atoms with Crippen LogP contribution >= 0.6 is 0 Å². The number of piperidine rings is 1. The lowest BCUT2D eigenvalue weighted by Gasteiger charge is -2.34. The summed E-state index contributed by atoms with van der Waals surface area (Å²) >= 11 is 0. The fourth-order valence-electron chi connectivity index (χ4n) is 1.72. The Kier molecular flexibility index (Phi) is 3.53. The Hall–Kier alpha value is -0.570. The lowest BCUT2D eigenvalue weighted by molar-refractivity contribution is -0.135. The third-order valence-electron chi connectivity index (χ3n) is 2.46. The highest BCUT2D eigenvalue weighted by Gasteiger charge is 2.24. The van der Waals surface area contributed by atoms with Crippen molar-refractivity contribution in [3.63, 3.8) is 0 Å². The predicted octanol–water partition coefficient (Wildman–Crippen LogP) is 0.770. The molecule has 1 fully saturated rings. The molecule has 1 saturated heterocycles. The number of carbonyl (C=O) groups is 1. The maximum Gasteiger partial charge on any atom is 0.222 e. The Balaban J connectivity index is 2.52. The fourth-order valence-corrected chi connectivity index (χ4v) is 1.72. The van der Waals surface area contributed by atoms with E-state index < -0.39 is 0 Å². The molecule has 1 heterocycles. The maximum absolute atomic E-state index is 11.4. The minimum Gasteiger partial charge on any atom is -0.394 e. The molecule has 70 valence electrons. The van der Waals surface area contributed by atoms with Crippen molar-refractivity contribution < 1.29 is 9.90 Å². The topological polar surface area (TPSA) is 40.5 Å². The fraction of sp³-hybridized carbons (Fsp3) is 0.889. The van der Waals surface area contributed by atoms with Gasteiger partial charge in [0.1, 0.15) is 0 Å². The monoisotopic (exact) mass is 171 g/mol. The standard InChI is InChI=1S/C9H17NO2/c1-2-9(12)10-6-4-3-5-8(10)7-11/h8,11H,2-7H2,1H3. The van der Waals surface area contributed by atoms with Crippen LogP contribution in [0.15, 0.2) is 0 Å². The first-order valence-corrected chi connectivity index (χ1v) is 4.70. The molecule has 0 saturated carbocycles. The minimum absolute atomic E-state index is 0.0891. The summed E-state index contributed by atoms with van der Waals surface area (Å²) < 4.78 is 0. The Labute approximate surface area is 73.4 Å². The number of hydrogen-bond acceptors (Lipinski definition) is 2. The highest BCUT2D eigenvalue weighted by molar-refractivity contribution is 5.76. The zero-order valence-electron chi connectivity index (χ0n) is 7.62. The van der Waals surface area contributed by atoms with Crippen molar-refractivity contribution in [2.75, 3.05) is 13.2 Å². The van der Waals surface area contributed by atoms with E-state index in [1.165, 1.54) is 0 Å². The van der Waals surface area contributed by atoms with Crippen molar-refractivity contribution in [2.45, 2.75) is 38.6 Å². The summed E-state index contributed by atoms with van der Waals surface area (Å²) in [6.07, 6.45) is 3.74. The van der Waals surface area contributed by atoms with Crippen LogP contribution in [0.25, 0.3) is 0 Å². The van der Waals surface area contributed by atoms with E-state index in [1.807, 2.05) is 11.8 Å². The molecule has 1 rings (SSSR count). The van der Waals surface area contributed by atoms with Crippen molar-refractivity contribution >= 4 is 5.91 Å². The van der Waals surface area contributed by atoms with Crippen molar-refractivity contribution in [3.05, 3.63) is 0 Å². The quantitative estimate of drug-likeness (QED) is 0.666. The first-order valence-electron chi connectivity index (χ1n) is 4.70. The van der Waals surface area contributed by atoms with E-state index in [0.29, 0.717) is 6.42 Å². The van der Waals surface area contributed by atoms with Gasteiger partial charge in [-0.15, -0.1) is 0 Å². The van der Waals surface area contributed by atoms with Crippen LogP contribution in [-0.2, 0) is 4.79 Å². The molecule has 12 heavy (non-hydrogen) atoms. The molecule has 1 amide bonds. The van der Waals surface area contributed by atoms with Gasteiger partial charge in [-0.05, 0) is 19.3 Å². The van der Waals surface area contributed by atoms with Gasteiger partial charge in [-0.3, -0.25) is 4.79 Å². The Bertz CT molecular complexity index is 159. The normalized spacial score (nSPS) is 24.2. The second-order valence-corrected chi connectivity index (χ2v) is 3.27. The molecule has 0 aliphatic carbocycles. The second kappa shape index (κ2) is 4.45. The number of likely N-dealkylation sites (tertiary alicyclic amines) is 1. The highest BCUT2D eigenvalue weighted by Crippen LogP contribution is 2.17. The van der Waals surface area contributed by atoms with Gasteiger partial charge in [0.05, 0.1) is 12.6 Å². The first-order chi connectivity index (χ1) is 5.79. The van der Waals surface area contributed by atoms with E-state index in [0.717, 1.165) is 25.8 Å². The summed E-state index contributed by atoms with van der Waals surface area (Å²) in [5, 5.41) is 9.01. The van der Waals surface area contributed by atoms with Crippen LogP contribution in [0, 0.1) is 0 Å². The van der Waals surface area contributed by atoms with E-state index in [1.54, 1.807) is 0 Å². The number of rotatable bonds is 2. The molecule has 0 bridgehead atoms. The van der Waals surface area contributed by atoms with E-state index in [9.17, 15) is 4.79 Å². The molecule has 1 aliphatic rings. The van der Waals surface area contributed by atoms with Gasteiger partial charge in [0, 0.05) is 13.0 Å². The van der Waals surface area contributed by atoms with E-state index in [4.69, 9.17) is 5.11 Å². The summed E-state index contributed by atoms with van der Waals surface area (Å²) in [4.78, 5) is 13.2. The summed E-state index contributed by atoms with van der Waals surface area (Å²) in [6, 6.07) is 0.0891. The zero-order chi connectivity index (χ0) is 8.97. The van der Waals surface area contributed by atoms with Gasteiger partial charge in [-0.1, -0.05) is 6.92 Å². The molecule has 1 aliphatic heterocycles. The molecular formula is C9H17NO2. The maximum atomic E-state index is 11.4. The van der Waals surface area contributed by atoms with E-state index in [-0.39, 0.29) is 18.6 Å². The van der Waals surface area contributed by atoms with Gasteiger partial charge in [0.25, 0.3) is 0 Å². The lowest BCUT2D eigenvalue weighted by Crippen LogP contribution is -2.45. The number of aliphatic hydroxyl groups is 1. The molecule has 0 spiro atoms. The number of carbonyl (C=O) groups excluding carboxylic acids is 1. The average Bonchev–Trinajstić information content (AvgIpc) is 2.16. The molecule has 1 atom stereocenters. The molecule has 0 aromatic rings. The number of nitrogens with zero attached hydrogens (tertiary/aromatic N) is 1. The van der Waals surface area contributed by atoms with E-state index in [2.05, 4.69) is 0 Å². The molecule has 0 aromatic carbocycles. The summed E-state index contributed by atoms with van der Waals surface area (Å²) in [5.74, 6) is 0.175. The number of amides is 1. The van der Waals surface area contributed by atoms with Crippen LogP contribution in [0.3, 0.4) is 0 Å². The highest BCUT2D eigenvalue weighted by atomic mass is 16.3. The lowest BCUT2D eigenvalue weighted by atomic mass is 10.0. The summed E-state index contributed by atoms with van der Waals surface area (Å²) in [6.45, 7) is 2.81. The zero-order valence-corrected chi connectivity index (χ0v) is 7.62. The third-order valence-corrected chi connectivity index (χ3v) is 2.46. The van der Waals surface area contributed by atoms with Gasteiger partial charge >= 0.3 is 0 Å². The Morgan fingerprint density at radius 2 is 2.33 bits per heavy atom. The van der Waals surface area contributed by atoms with Crippen LogP contribution < -0.4 is 0 Å². The Morgan fingerprint density at radius 1 is 1.58 bits per heavy atom. The van der Waals surface area contributed by atoms with Crippen molar-refractivity contribution in [2.24, 2.45) is 0 Å². The summed E-state index contributed by atoms with van der Waals surface area (Å²) in [7, 11) is 0. The van der Waals surface area contributed by atoms with Crippen LogP contribution in [0.5, 0.6) is 0 Å². The third kappa shape index (κ3) is 1.97. The van der Waals surface area contributed by atoms with Crippen LogP contribution in [-0.4, -0.2) is 35.1 Å². The molecule has 0 radical (unpaired) electrons. The molecule has 0 aromatic heterocycles. The smallest absolute Gasteiger partial charge is 0.222 e. The SMILES string of the molecule is CCC(=O)N1CCCCC1CO. The van der Waals surface area contributed by atoms with Crippen LogP contribution in [0.4, 0.5) is 0 Å². The van der Waals surface area contributed by atoms with Gasteiger partial charge < -0.3 is 10.0 Å². The summed E-state index contributed by atoms with van der Waals surface area (Å²) in [5.41, 5.74) is 0. The molecule has 3 heteroatoms. The number of aliphatic hydroxyl groups excluding tert-OH is 1. The van der Waals surface area contributed by atoms with Crippen molar-refractivity contribution in [1.29, 1.82) is 0 Å². The largest absolute Gasteiger partial charge is 0.394 e. The molecular weight excluding hydrogens is 154 g/mol.